The van der Waals surface area contributed by atoms with Crippen LogP contribution < -0.4 is 74.6 Å². The average Bonchev–Trinajstić information content (AvgIpc) is 2.91. The van der Waals surface area contributed by atoms with Crippen molar-refractivity contribution >= 4 is 24.7 Å². The number of hydrogen-bond donors (Lipinski definition) is 1. The summed E-state index contributed by atoms with van der Waals surface area (Å²) in [5.74, 6) is -0.319. The van der Waals surface area contributed by atoms with Gasteiger partial charge in [0, 0.05) is 69.2 Å². The van der Waals surface area contributed by atoms with Crippen molar-refractivity contribution in [3.05, 3.63) is 65.5 Å². The standard InChI is InChI=1S/C12H16N2O.C7H5FO.C5H12N2.CH2O3.2Na.H/c1-13-6-8-14(9-7-13)12-4-2-11(10-15)3-5-12;8-7-3-1-6(5-9)2-4-7;1-7-4-2-6-3-5-7;2-1-4-3;;;/h2-5,10H,6-9H2,1H3;1-5H;6H,2-5H2,1H3;1,3H;;;/q;;;;2*+1;-1/p-1. The summed E-state index contributed by atoms with van der Waals surface area (Å²) in [6.07, 6.45) is 1.56. The van der Waals surface area contributed by atoms with Gasteiger partial charge in [-0.05, 0) is 62.6 Å². The van der Waals surface area contributed by atoms with Crippen LogP contribution in [0.5, 0.6) is 0 Å². The van der Waals surface area contributed by atoms with Crippen LogP contribution in [0.15, 0.2) is 48.5 Å². The van der Waals surface area contributed by atoms with Crippen molar-refractivity contribution in [1.82, 2.24) is 15.1 Å². The van der Waals surface area contributed by atoms with E-state index in [0.29, 0.717) is 11.8 Å². The van der Waals surface area contributed by atoms with E-state index >= 15 is 0 Å². The second kappa shape index (κ2) is 23.9. The minimum Gasteiger partial charge on any atom is -1.00 e. The summed E-state index contributed by atoms with van der Waals surface area (Å²) in [4.78, 5) is 38.8. The third-order valence-corrected chi connectivity index (χ3v) is 5.28. The second-order valence-corrected chi connectivity index (χ2v) is 7.91. The molecule has 37 heavy (non-hydrogen) atoms. The molecule has 0 aromatic heterocycles. The number of carbonyl (C=O) groups excluding carboxylic acids is 3. The van der Waals surface area contributed by atoms with Crippen LogP contribution in [-0.2, 0) is 9.68 Å². The van der Waals surface area contributed by atoms with Crippen molar-refractivity contribution in [2.24, 2.45) is 0 Å². The molecule has 2 aliphatic heterocycles. The van der Waals surface area contributed by atoms with Crippen molar-refractivity contribution in [3.63, 3.8) is 0 Å². The Kier molecular flexibility index (Phi) is 24.5. The van der Waals surface area contributed by atoms with Crippen LogP contribution in [0.25, 0.3) is 0 Å². The zero-order valence-electron chi connectivity index (χ0n) is 23.3. The zero-order valence-corrected chi connectivity index (χ0v) is 26.3. The number of rotatable bonds is 4. The summed E-state index contributed by atoms with van der Waals surface area (Å²) in [6, 6.07) is 13.2. The smallest absolute Gasteiger partial charge is 1.00 e. The molecule has 2 aromatic carbocycles. The molecule has 2 saturated heterocycles. The Morgan fingerprint density at radius 1 is 0.784 bits per heavy atom. The van der Waals surface area contributed by atoms with Crippen molar-refractivity contribution in [3.8, 4) is 0 Å². The molecule has 0 saturated carbocycles. The minimum atomic E-state index is -0.319. The van der Waals surface area contributed by atoms with E-state index in [9.17, 15) is 14.0 Å². The van der Waals surface area contributed by atoms with Gasteiger partial charge in [-0.1, -0.05) is 0 Å². The summed E-state index contributed by atoms with van der Waals surface area (Å²) >= 11 is 0. The van der Waals surface area contributed by atoms with Crippen LogP contribution >= 0.6 is 0 Å². The van der Waals surface area contributed by atoms with E-state index in [0.717, 1.165) is 51.1 Å². The van der Waals surface area contributed by atoms with Gasteiger partial charge in [0.25, 0.3) is 6.47 Å². The third kappa shape index (κ3) is 17.9. The molecule has 4 rings (SSSR count). The second-order valence-electron chi connectivity index (χ2n) is 7.91. The van der Waals surface area contributed by atoms with Crippen LogP contribution in [0, 0.1) is 5.82 Å². The van der Waals surface area contributed by atoms with Gasteiger partial charge in [0.05, 0.1) is 0 Å². The third-order valence-electron chi connectivity index (χ3n) is 5.28. The minimum absolute atomic E-state index is 0. The molecule has 0 amide bonds. The molecule has 12 heteroatoms. The number of nitrogens with one attached hydrogen (secondary N) is 1. The van der Waals surface area contributed by atoms with Crippen LogP contribution in [0.1, 0.15) is 22.1 Å². The topological polar surface area (TPSA) is 105 Å². The Bertz CT molecular complexity index is 856. The fourth-order valence-electron chi connectivity index (χ4n) is 3.15. The number of aldehydes is 2. The first kappa shape index (κ1) is 38.0. The van der Waals surface area contributed by atoms with Crippen LogP contribution in [0.3, 0.4) is 0 Å². The van der Waals surface area contributed by atoms with Gasteiger partial charge in [-0.25, -0.2) is 4.39 Å². The molecule has 0 spiro atoms. The molecular formula is C25H35FN4Na2O5. The summed E-state index contributed by atoms with van der Waals surface area (Å²) < 4.78 is 12.1. The van der Waals surface area contributed by atoms with Gasteiger partial charge in [0.2, 0.25) is 0 Å². The fraction of sp³-hybridized carbons (Fsp3) is 0.400. The van der Waals surface area contributed by atoms with Crippen molar-refractivity contribution in [1.29, 1.82) is 0 Å². The molecule has 0 atom stereocenters. The van der Waals surface area contributed by atoms with Gasteiger partial charge in [-0.3, -0.25) is 14.4 Å². The van der Waals surface area contributed by atoms with Crippen LogP contribution in [0.4, 0.5) is 10.1 Å². The molecule has 0 bridgehead atoms. The maximum absolute atomic E-state index is 12.1. The molecule has 2 heterocycles. The number of anilines is 1. The van der Waals surface area contributed by atoms with Crippen LogP contribution in [-0.4, -0.2) is 95.3 Å². The summed E-state index contributed by atoms with van der Waals surface area (Å²) in [7, 11) is 4.30. The number of hydrogen-bond acceptors (Lipinski definition) is 9. The number of carbonyl (C=O) groups is 3. The molecule has 1 N–H and O–H groups in total. The molecule has 0 radical (unpaired) electrons. The van der Waals surface area contributed by atoms with Gasteiger partial charge < -0.3 is 31.6 Å². The van der Waals surface area contributed by atoms with E-state index < -0.39 is 0 Å². The largest absolute Gasteiger partial charge is 1.00 e. The molecule has 0 aliphatic carbocycles. The molecular weight excluding hydrogens is 501 g/mol. The summed E-state index contributed by atoms with van der Waals surface area (Å²) in [5, 5.41) is 11.7. The maximum Gasteiger partial charge on any atom is 1.00 e. The first-order chi connectivity index (χ1) is 16.9. The number of halogens is 1. The zero-order chi connectivity index (χ0) is 25.9. The van der Waals surface area contributed by atoms with E-state index in [1.54, 1.807) is 0 Å². The number of likely N-dealkylation sites (N-methyl/N-ethyl adjacent to an activating group) is 2. The van der Waals surface area contributed by atoms with Gasteiger partial charge in [-0.15, -0.1) is 0 Å². The number of benzene rings is 2. The first-order valence-electron chi connectivity index (χ1n) is 11.2. The Morgan fingerprint density at radius 3 is 1.54 bits per heavy atom. The van der Waals surface area contributed by atoms with E-state index in [-0.39, 0.29) is 72.8 Å². The maximum atomic E-state index is 12.1. The van der Waals surface area contributed by atoms with Gasteiger partial charge in [0.1, 0.15) is 18.4 Å². The predicted octanol–water partition coefficient (Wildman–Crippen LogP) is -5.03. The van der Waals surface area contributed by atoms with Crippen molar-refractivity contribution in [2.45, 2.75) is 0 Å². The molecule has 2 aliphatic rings. The monoisotopic (exact) mass is 536 g/mol. The Hall–Kier alpha value is -1.18. The summed E-state index contributed by atoms with van der Waals surface area (Å²) in [6.45, 7) is 8.91. The van der Waals surface area contributed by atoms with Gasteiger partial charge in [-0.2, -0.15) is 0 Å². The molecule has 0 unspecified atom stereocenters. The van der Waals surface area contributed by atoms with Crippen molar-refractivity contribution in [2.75, 3.05) is 71.4 Å². The SMILES string of the molecule is CN1CCN(c2ccc(C=O)cc2)CC1.CN1CCNCC1.O=CO[O-].O=Cc1ccc(F)cc1.[H-].[Na+].[Na+]. The Labute approximate surface area is 264 Å². The molecule has 2 aromatic rings. The van der Waals surface area contributed by atoms with Gasteiger partial charge >= 0.3 is 59.1 Å². The summed E-state index contributed by atoms with van der Waals surface area (Å²) in [5.41, 5.74) is 2.46. The first-order valence-corrected chi connectivity index (χ1v) is 11.2. The van der Waals surface area contributed by atoms with Crippen LogP contribution in [0.2, 0.25) is 0 Å². The number of piperazine rings is 2. The number of nitrogens with zero attached hydrogens (tertiary/aromatic N) is 3. The normalized spacial score (nSPS) is 14.8. The molecule has 2 fully saturated rings. The average molecular weight is 537 g/mol. The fourth-order valence-corrected chi connectivity index (χ4v) is 3.15. The predicted molar refractivity (Wildman–Crippen MR) is 132 cm³/mol. The van der Waals surface area contributed by atoms with E-state index in [2.05, 4.69) is 39.0 Å². The van der Waals surface area contributed by atoms with E-state index in [4.69, 9.17) is 10.1 Å². The van der Waals surface area contributed by atoms with Gasteiger partial charge in [0.15, 0.2) is 0 Å². The van der Waals surface area contributed by atoms with Crippen molar-refractivity contribution < 1.29 is 89.5 Å². The molecule has 194 valence electrons. The van der Waals surface area contributed by atoms with E-state index in [1.807, 2.05) is 24.3 Å². The Balaban J connectivity index is -0.000000462. The Morgan fingerprint density at radius 2 is 1.19 bits per heavy atom. The van der Waals surface area contributed by atoms with E-state index in [1.165, 1.54) is 43.0 Å². The quantitative estimate of drug-likeness (QED) is 0.178. The molecule has 9 nitrogen and oxygen atoms in total.